The van der Waals surface area contributed by atoms with Crippen molar-refractivity contribution in [3.8, 4) is 0 Å². The fraction of sp³-hybridized carbons (Fsp3) is 1.00. The van der Waals surface area contributed by atoms with Crippen LogP contribution in [0.2, 0.25) is 0 Å². The maximum atomic E-state index is 3.26. The highest BCUT2D eigenvalue weighted by molar-refractivity contribution is 5.09. The third-order valence-corrected chi connectivity index (χ3v) is 12.2. The second-order valence-electron chi connectivity index (χ2n) is 13.4. The smallest absolute Gasteiger partial charge is 0.0133 e. The lowest BCUT2D eigenvalue weighted by Gasteiger charge is -2.48. The molecule has 7 rings (SSSR count). The minimum absolute atomic E-state index is 0.928. The zero-order valence-corrected chi connectivity index (χ0v) is 20.8. The van der Waals surface area contributed by atoms with E-state index in [0.29, 0.717) is 0 Å². The molecular formula is C30H50N2. The van der Waals surface area contributed by atoms with E-state index in [1.807, 2.05) is 0 Å². The molecule has 180 valence electrons. The first kappa shape index (κ1) is 21.2. The molecule has 0 N–H and O–H groups in total. The summed E-state index contributed by atoms with van der Waals surface area (Å²) in [5.74, 6) is 4.30. The molecule has 0 spiro atoms. The molecule has 5 aliphatic carbocycles. The Kier molecular flexibility index (Phi) is 5.87. The largest absolute Gasteiger partial charge is 0.294 e. The van der Waals surface area contributed by atoms with Gasteiger partial charge in [0.25, 0.3) is 0 Å². The lowest BCUT2D eigenvalue weighted by Crippen LogP contribution is -2.54. The van der Waals surface area contributed by atoms with Crippen molar-refractivity contribution in [1.29, 1.82) is 0 Å². The monoisotopic (exact) mass is 438 g/mol. The van der Waals surface area contributed by atoms with Crippen LogP contribution >= 0.6 is 0 Å². The van der Waals surface area contributed by atoms with Gasteiger partial charge in [0.1, 0.15) is 0 Å². The van der Waals surface area contributed by atoms with Crippen molar-refractivity contribution in [3.05, 3.63) is 0 Å². The van der Waals surface area contributed by atoms with Crippen LogP contribution in [0.1, 0.15) is 128 Å². The van der Waals surface area contributed by atoms with Crippen molar-refractivity contribution in [3.63, 3.8) is 0 Å². The second-order valence-corrected chi connectivity index (χ2v) is 13.4. The summed E-state index contributed by atoms with van der Waals surface area (Å²) in [6.45, 7) is 0. The molecule has 0 amide bonds. The Balaban J connectivity index is 1.14. The first-order valence-corrected chi connectivity index (χ1v) is 15.4. The molecule has 2 aliphatic heterocycles. The number of fused-ring (bicyclic) bond motifs is 6. The topological polar surface area (TPSA) is 6.48 Å². The number of rotatable bonds is 2. The summed E-state index contributed by atoms with van der Waals surface area (Å²) in [6, 6.07) is 5.76. The quantitative estimate of drug-likeness (QED) is 0.451. The van der Waals surface area contributed by atoms with Crippen molar-refractivity contribution in [2.75, 3.05) is 0 Å². The number of nitrogens with zero attached hydrogens (tertiary/aromatic N) is 2. The normalized spacial score (nSPS) is 52.1. The van der Waals surface area contributed by atoms with Crippen molar-refractivity contribution >= 4 is 0 Å². The average Bonchev–Trinajstić information content (AvgIpc) is 3.37. The predicted molar refractivity (Wildman–Crippen MR) is 133 cm³/mol. The van der Waals surface area contributed by atoms with Gasteiger partial charge in [0.05, 0.1) is 0 Å². The Labute approximate surface area is 198 Å². The van der Waals surface area contributed by atoms with Gasteiger partial charge in [0.2, 0.25) is 0 Å². The lowest BCUT2D eigenvalue weighted by atomic mass is 9.73. The van der Waals surface area contributed by atoms with Gasteiger partial charge >= 0.3 is 0 Å². The average molecular weight is 439 g/mol. The van der Waals surface area contributed by atoms with Crippen molar-refractivity contribution in [2.24, 2.45) is 23.7 Å². The maximum absolute atomic E-state index is 3.26. The third kappa shape index (κ3) is 3.39. The van der Waals surface area contributed by atoms with Crippen LogP contribution < -0.4 is 0 Å². The molecule has 0 aromatic heterocycles. The standard InChI is InChI=1S/C30H50N2/c1-5-16-27-23(12-1)24-13-2-6-17-28(24)31(27)21-10-9-11-22(20-21)32-29-18-7-3-14-25(29)26-15-4-8-19-30(26)32/h21-30H,1-20H2. The van der Waals surface area contributed by atoms with Gasteiger partial charge in [-0.2, -0.15) is 0 Å². The molecule has 2 heteroatoms. The molecule has 0 radical (unpaired) electrons. The molecule has 2 heterocycles. The molecule has 7 aliphatic rings. The zero-order valence-electron chi connectivity index (χ0n) is 20.8. The summed E-state index contributed by atoms with van der Waals surface area (Å²) >= 11 is 0. The number of hydrogen-bond donors (Lipinski definition) is 0. The van der Waals surface area contributed by atoms with Crippen LogP contribution in [-0.4, -0.2) is 46.1 Å². The van der Waals surface area contributed by atoms with E-state index in [4.69, 9.17) is 0 Å². The summed E-state index contributed by atoms with van der Waals surface area (Å²) in [5, 5.41) is 0. The van der Waals surface area contributed by atoms with Gasteiger partial charge in [-0.1, -0.05) is 57.8 Å². The van der Waals surface area contributed by atoms with E-state index >= 15 is 0 Å². The van der Waals surface area contributed by atoms with Gasteiger partial charge in [-0.05, 0) is 94.3 Å². The molecule has 10 atom stereocenters. The van der Waals surface area contributed by atoms with Crippen LogP contribution in [-0.2, 0) is 0 Å². The summed E-state index contributed by atoms with van der Waals surface area (Å²) in [4.78, 5) is 6.51. The minimum Gasteiger partial charge on any atom is -0.294 e. The van der Waals surface area contributed by atoms with Crippen LogP contribution in [0.3, 0.4) is 0 Å². The highest BCUT2D eigenvalue weighted by atomic mass is 15.3. The van der Waals surface area contributed by atoms with E-state index in [2.05, 4.69) is 9.80 Å². The fourth-order valence-corrected chi connectivity index (χ4v) is 11.3. The highest BCUT2D eigenvalue weighted by Crippen LogP contribution is 2.54. The van der Waals surface area contributed by atoms with Gasteiger partial charge in [0.15, 0.2) is 0 Å². The maximum Gasteiger partial charge on any atom is 0.0133 e. The highest BCUT2D eigenvalue weighted by Gasteiger charge is 2.55. The van der Waals surface area contributed by atoms with Gasteiger partial charge < -0.3 is 0 Å². The first-order chi connectivity index (χ1) is 15.9. The van der Waals surface area contributed by atoms with E-state index in [9.17, 15) is 0 Å². The SMILES string of the molecule is C1CCC2C(C1)C1CCCCC1N2C1CCCC(N2C3CCCCC3C3CCCCC32)C1. The van der Waals surface area contributed by atoms with Crippen LogP contribution in [0.15, 0.2) is 0 Å². The number of hydrogen-bond acceptors (Lipinski definition) is 2. The van der Waals surface area contributed by atoms with Crippen LogP contribution in [0, 0.1) is 23.7 Å². The van der Waals surface area contributed by atoms with Crippen molar-refractivity contribution < 1.29 is 0 Å². The Hall–Kier alpha value is -0.0800. The minimum atomic E-state index is 0.928. The second kappa shape index (κ2) is 8.85. The third-order valence-electron chi connectivity index (χ3n) is 12.2. The summed E-state index contributed by atoms with van der Waals surface area (Å²) in [6.07, 6.45) is 30.8. The summed E-state index contributed by atoms with van der Waals surface area (Å²) in [5.41, 5.74) is 0. The Morgan fingerprint density at radius 1 is 0.312 bits per heavy atom. The predicted octanol–water partition coefficient (Wildman–Crippen LogP) is 7.16. The van der Waals surface area contributed by atoms with Gasteiger partial charge in [-0.15, -0.1) is 0 Å². The Bertz CT molecular complexity index is 563. The lowest BCUT2D eigenvalue weighted by molar-refractivity contribution is 0.00848. The molecule has 0 aromatic rings. The zero-order chi connectivity index (χ0) is 21.1. The van der Waals surface area contributed by atoms with Crippen molar-refractivity contribution in [2.45, 2.75) is 165 Å². The molecular weight excluding hydrogens is 388 g/mol. The summed E-state index contributed by atoms with van der Waals surface area (Å²) < 4.78 is 0. The molecule has 32 heavy (non-hydrogen) atoms. The van der Waals surface area contributed by atoms with E-state index in [-0.39, 0.29) is 0 Å². The van der Waals surface area contributed by atoms with Crippen LogP contribution in [0.25, 0.3) is 0 Å². The van der Waals surface area contributed by atoms with Crippen LogP contribution in [0.5, 0.6) is 0 Å². The molecule has 5 saturated carbocycles. The molecule has 0 bridgehead atoms. The molecule has 2 nitrogen and oxygen atoms in total. The molecule has 0 aromatic carbocycles. The van der Waals surface area contributed by atoms with E-state index in [1.54, 1.807) is 32.1 Å². The Morgan fingerprint density at radius 2 is 0.625 bits per heavy atom. The van der Waals surface area contributed by atoms with E-state index < -0.39 is 0 Å². The fourth-order valence-electron chi connectivity index (χ4n) is 11.3. The molecule has 7 fully saturated rings. The van der Waals surface area contributed by atoms with Gasteiger partial charge in [-0.3, -0.25) is 9.80 Å². The summed E-state index contributed by atoms with van der Waals surface area (Å²) in [7, 11) is 0. The van der Waals surface area contributed by atoms with E-state index in [1.165, 1.54) is 96.3 Å². The Morgan fingerprint density at radius 3 is 0.969 bits per heavy atom. The number of likely N-dealkylation sites (tertiary alicyclic amines) is 2. The van der Waals surface area contributed by atoms with Crippen LogP contribution in [0.4, 0.5) is 0 Å². The van der Waals surface area contributed by atoms with Gasteiger partial charge in [-0.25, -0.2) is 0 Å². The first-order valence-electron chi connectivity index (χ1n) is 15.4. The molecule has 10 unspecified atom stereocenters. The van der Waals surface area contributed by atoms with Crippen molar-refractivity contribution in [1.82, 2.24) is 9.80 Å². The molecule has 2 saturated heterocycles. The van der Waals surface area contributed by atoms with E-state index in [0.717, 1.165) is 59.9 Å². The van der Waals surface area contributed by atoms with Gasteiger partial charge in [0, 0.05) is 36.3 Å².